The van der Waals surface area contributed by atoms with Crippen LogP contribution in [0.2, 0.25) is 0 Å². The van der Waals surface area contributed by atoms with Crippen molar-refractivity contribution in [1.82, 2.24) is 0 Å². The Morgan fingerprint density at radius 3 is 2.35 bits per heavy atom. The first-order valence-corrected chi connectivity index (χ1v) is 14.7. The Balaban J connectivity index is 1.38. The number of aryl methyl sites for hydroxylation is 2. The average Bonchev–Trinajstić information content (AvgIpc) is 3.21. The number of carboxylic acids is 1. The summed E-state index contributed by atoms with van der Waals surface area (Å²) in [6.45, 7) is 5.17. The van der Waals surface area contributed by atoms with Gasteiger partial charge in [-0.3, -0.25) is 9.79 Å². The van der Waals surface area contributed by atoms with E-state index in [0.717, 1.165) is 35.8 Å². The number of hydrogen-bond donors (Lipinski definition) is 2. The molecule has 1 unspecified atom stereocenters. The minimum absolute atomic E-state index is 0.123. The topological polar surface area (TPSA) is 95.8 Å². The van der Waals surface area contributed by atoms with Crippen LogP contribution in [0, 0.1) is 0 Å². The quantitative estimate of drug-likeness (QED) is 0.340. The van der Waals surface area contributed by atoms with Crippen molar-refractivity contribution in [2.24, 2.45) is 4.99 Å². The van der Waals surface area contributed by atoms with E-state index < -0.39 is 21.7 Å². The first-order valence-electron chi connectivity index (χ1n) is 12.3. The molecule has 0 aromatic heterocycles. The van der Waals surface area contributed by atoms with Crippen LogP contribution >= 0.6 is 11.8 Å². The Kier molecular flexibility index (Phi) is 8.39. The second-order valence-corrected chi connectivity index (χ2v) is 13.7. The third-order valence-corrected chi connectivity index (χ3v) is 9.19. The zero-order chi connectivity index (χ0) is 26.5. The van der Waals surface area contributed by atoms with E-state index in [-0.39, 0.29) is 21.8 Å². The van der Waals surface area contributed by atoms with Gasteiger partial charge in [-0.05, 0) is 67.6 Å². The fourth-order valence-electron chi connectivity index (χ4n) is 4.30. The third kappa shape index (κ3) is 7.69. The van der Waals surface area contributed by atoms with Crippen molar-refractivity contribution in [3.8, 4) is 0 Å². The molecule has 194 valence electrons. The maximum atomic E-state index is 13.1. The molecule has 0 saturated carbocycles. The van der Waals surface area contributed by atoms with E-state index in [1.165, 1.54) is 5.56 Å². The zero-order valence-corrected chi connectivity index (χ0v) is 22.7. The van der Waals surface area contributed by atoms with Gasteiger partial charge in [0.15, 0.2) is 15.0 Å². The van der Waals surface area contributed by atoms with Gasteiger partial charge in [-0.1, -0.05) is 66.4 Å². The van der Waals surface area contributed by atoms with Gasteiger partial charge >= 0.3 is 5.97 Å². The molecule has 2 N–H and O–H groups in total. The molecule has 1 aliphatic heterocycles. The largest absolute Gasteiger partial charge is 0.481 e. The highest BCUT2D eigenvalue weighted by molar-refractivity contribution is 8.15. The van der Waals surface area contributed by atoms with Gasteiger partial charge in [0.2, 0.25) is 0 Å². The number of nitrogens with one attached hydrogen (secondary N) is 1. The van der Waals surface area contributed by atoms with Crippen molar-refractivity contribution in [2.75, 3.05) is 17.6 Å². The number of anilines is 1. The third-order valence-electron chi connectivity index (χ3n) is 6.25. The summed E-state index contributed by atoms with van der Waals surface area (Å²) in [5, 5.41) is 13.7. The Labute approximate surface area is 223 Å². The molecular formula is C29H32N2O4S2. The molecule has 1 aliphatic rings. The summed E-state index contributed by atoms with van der Waals surface area (Å²) in [5.41, 5.74) is 3.95. The maximum Gasteiger partial charge on any atom is 0.303 e. The second kappa shape index (κ2) is 11.5. The van der Waals surface area contributed by atoms with Crippen LogP contribution in [0.25, 0.3) is 0 Å². The molecule has 6 nitrogen and oxygen atoms in total. The number of amidine groups is 1. The number of rotatable bonds is 10. The second-order valence-electron chi connectivity index (χ2n) is 9.94. The van der Waals surface area contributed by atoms with Gasteiger partial charge in [0.05, 0.1) is 23.6 Å². The fourth-order valence-corrected chi connectivity index (χ4v) is 6.84. The molecule has 1 atom stereocenters. The summed E-state index contributed by atoms with van der Waals surface area (Å²) < 4.78 is 26.3. The number of sulfone groups is 1. The number of thioether (sulfide) groups is 1. The molecule has 0 aliphatic carbocycles. The number of carboxylic acid groups (broad SMARTS) is 1. The van der Waals surface area contributed by atoms with Crippen LogP contribution in [0.15, 0.2) is 88.8 Å². The van der Waals surface area contributed by atoms with E-state index in [1.807, 2.05) is 30.3 Å². The molecule has 4 rings (SSSR count). The standard InChI is InChI=1S/C29H32N2O4S2/c1-29(2)20-30-28(36-29)31-25-10-6-7-22(17-25)12-11-21-13-15-26(16-14-21)37(34,35)19-24(18-27(32)33)23-8-4-3-5-9-23/h3-10,13-17,24H,11-12,18-20H2,1-2H3,(H,30,31)(H,32,33). The predicted octanol–water partition coefficient (Wildman–Crippen LogP) is 5.80. The van der Waals surface area contributed by atoms with Crippen LogP contribution in [-0.2, 0) is 27.5 Å². The monoisotopic (exact) mass is 536 g/mol. The molecule has 0 fully saturated rings. The molecule has 3 aromatic rings. The normalized spacial score (nSPS) is 15.7. The van der Waals surface area contributed by atoms with Crippen molar-refractivity contribution in [1.29, 1.82) is 0 Å². The number of benzene rings is 3. The summed E-state index contributed by atoms with van der Waals surface area (Å²) in [5.74, 6) is -1.87. The Bertz CT molecular complexity index is 1370. The molecule has 8 heteroatoms. The summed E-state index contributed by atoms with van der Waals surface area (Å²) in [6, 6.07) is 24.2. The minimum Gasteiger partial charge on any atom is -0.481 e. The van der Waals surface area contributed by atoms with E-state index in [1.54, 1.807) is 48.2 Å². The SMILES string of the molecule is CC1(C)CN=C(Nc2cccc(CCc3ccc(S(=O)(=O)CC(CC(=O)O)c4ccccc4)cc3)c2)S1. The first-order chi connectivity index (χ1) is 17.6. The molecular weight excluding hydrogens is 504 g/mol. The average molecular weight is 537 g/mol. The molecule has 3 aromatic carbocycles. The van der Waals surface area contributed by atoms with Gasteiger partial charge in [-0.15, -0.1) is 0 Å². The van der Waals surface area contributed by atoms with Gasteiger partial charge in [0, 0.05) is 16.4 Å². The van der Waals surface area contributed by atoms with Crippen molar-refractivity contribution >= 4 is 38.4 Å². The zero-order valence-electron chi connectivity index (χ0n) is 21.1. The lowest BCUT2D eigenvalue weighted by Crippen LogP contribution is -2.18. The van der Waals surface area contributed by atoms with E-state index >= 15 is 0 Å². The van der Waals surface area contributed by atoms with E-state index in [9.17, 15) is 18.3 Å². The summed E-state index contributed by atoms with van der Waals surface area (Å²) in [7, 11) is -3.65. The highest BCUT2D eigenvalue weighted by Gasteiger charge is 2.27. The van der Waals surface area contributed by atoms with Crippen LogP contribution in [-0.4, -0.2) is 41.7 Å². The predicted molar refractivity (Wildman–Crippen MR) is 151 cm³/mol. The van der Waals surface area contributed by atoms with Crippen LogP contribution in [0.3, 0.4) is 0 Å². The molecule has 0 amide bonds. The Morgan fingerprint density at radius 1 is 1.00 bits per heavy atom. The van der Waals surface area contributed by atoms with E-state index in [2.05, 4.69) is 36.3 Å². The number of hydrogen-bond acceptors (Lipinski definition) is 6. The number of aliphatic carboxylic acids is 1. The van der Waals surface area contributed by atoms with Crippen molar-refractivity contribution in [2.45, 2.75) is 48.7 Å². The van der Waals surface area contributed by atoms with Crippen LogP contribution in [0.5, 0.6) is 0 Å². The molecule has 0 radical (unpaired) electrons. The smallest absolute Gasteiger partial charge is 0.303 e. The van der Waals surface area contributed by atoms with Crippen molar-refractivity contribution in [3.63, 3.8) is 0 Å². The molecule has 1 heterocycles. The lowest BCUT2D eigenvalue weighted by molar-refractivity contribution is -0.137. The molecule has 37 heavy (non-hydrogen) atoms. The fraction of sp³-hybridized carbons (Fsp3) is 0.310. The first kappa shape index (κ1) is 26.9. The number of aliphatic imine (C=N–C) groups is 1. The maximum absolute atomic E-state index is 13.1. The highest BCUT2D eigenvalue weighted by Crippen LogP contribution is 2.32. The van der Waals surface area contributed by atoms with Gasteiger partial charge in [0.25, 0.3) is 0 Å². The highest BCUT2D eigenvalue weighted by atomic mass is 32.2. The lowest BCUT2D eigenvalue weighted by Gasteiger charge is -2.16. The molecule has 0 saturated heterocycles. The lowest BCUT2D eigenvalue weighted by atomic mass is 9.98. The summed E-state index contributed by atoms with van der Waals surface area (Å²) in [6.07, 6.45) is 1.36. The van der Waals surface area contributed by atoms with Crippen LogP contribution < -0.4 is 5.32 Å². The summed E-state index contributed by atoms with van der Waals surface area (Å²) in [4.78, 5) is 16.2. The van der Waals surface area contributed by atoms with Crippen LogP contribution in [0.1, 0.15) is 42.9 Å². The number of nitrogens with zero attached hydrogens (tertiary/aromatic N) is 1. The molecule has 0 spiro atoms. The van der Waals surface area contributed by atoms with Gasteiger partial charge in [0.1, 0.15) is 0 Å². The van der Waals surface area contributed by atoms with Crippen LogP contribution in [0.4, 0.5) is 5.69 Å². The number of carbonyl (C=O) groups is 1. The van der Waals surface area contributed by atoms with Crippen molar-refractivity contribution in [3.05, 3.63) is 95.6 Å². The van der Waals surface area contributed by atoms with E-state index in [0.29, 0.717) is 5.56 Å². The van der Waals surface area contributed by atoms with Crippen molar-refractivity contribution < 1.29 is 18.3 Å². The Hall–Kier alpha value is -3.10. The van der Waals surface area contributed by atoms with Gasteiger partial charge < -0.3 is 10.4 Å². The molecule has 0 bridgehead atoms. The van der Waals surface area contributed by atoms with Gasteiger partial charge in [-0.25, -0.2) is 8.42 Å². The van der Waals surface area contributed by atoms with Gasteiger partial charge in [-0.2, -0.15) is 0 Å². The Morgan fingerprint density at radius 2 is 1.70 bits per heavy atom. The minimum atomic E-state index is -3.65. The van der Waals surface area contributed by atoms with E-state index in [4.69, 9.17) is 0 Å². The summed E-state index contributed by atoms with van der Waals surface area (Å²) >= 11 is 1.75.